The summed E-state index contributed by atoms with van der Waals surface area (Å²) >= 11 is 7.58. The average Bonchev–Trinajstić information content (AvgIpc) is 2.36. The molecule has 0 bridgehead atoms. The number of thiocyanates is 1. The lowest BCUT2D eigenvalue weighted by molar-refractivity contribution is 0.331. The van der Waals surface area contributed by atoms with Crippen molar-refractivity contribution >= 4 is 23.4 Å². The molecule has 104 valence electrons. The molecule has 1 aromatic carbocycles. The number of thioether (sulfide) groups is 1. The molecule has 0 aliphatic carbocycles. The minimum absolute atomic E-state index is 0.333. The molecule has 2 nitrogen and oxygen atoms in total. The van der Waals surface area contributed by atoms with Gasteiger partial charge in [0.05, 0.1) is 6.61 Å². The van der Waals surface area contributed by atoms with E-state index in [9.17, 15) is 0 Å². The Labute approximate surface area is 125 Å². The summed E-state index contributed by atoms with van der Waals surface area (Å²) in [6.45, 7) is 8.86. The molecule has 19 heavy (non-hydrogen) atoms. The van der Waals surface area contributed by atoms with Crippen molar-refractivity contribution in [1.82, 2.24) is 0 Å². The first-order valence-electron chi connectivity index (χ1n) is 6.46. The third-order valence-electron chi connectivity index (χ3n) is 3.21. The van der Waals surface area contributed by atoms with E-state index in [1.54, 1.807) is 0 Å². The van der Waals surface area contributed by atoms with Gasteiger partial charge in [-0.25, -0.2) is 0 Å². The molecule has 1 aromatic rings. The Balaban J connectivity index is 3.11. The fourth-order valence-electron chi connectivity index (χ4n) is 2.23. The first kappa shape index (κ1) is 16.2. The van der Waals surface area contributed by atoms with Crippen LogP contribution in [-0.4, -0.2) is 12.4 Å². The highest BCUT2D eigenvalue weighted by Crippen LogP contribution is 2.38. The monoisotopic (exact) mass is 297 g/mol. The summed E-state index contributed by atoms with van der Waals surface area (Å²) in [5, 5.41) is 11.5. The van der Waals surface area contributed by atoms with Crippen molar-refractivity contribution in [3.05, 3.63) is 27.8 Å². The number of nitriles is 1. The second kappa shape index (κ2) is 7.67. The average molecular weight is 298 g/mol. The second-order valence-electron chi connectivity index (χ2n) is 4.61. The minimum atomic E-state index is 0.333. The van der Waals surface area contributed by atoms with E-state index in [1.165, 1.54) is 17.3 Å². The first-order valence-corrected chi connectivity index (χ1v) is 7.82. The van der Waals surface area contributed by atoms with Crippen molar-refractivity contribution in [3.8, 4) is 11.2 Å². The molecule has 0 N–H and O–H groups in total. The minimum Gasteiger partial charge on any atom is -0.493 e. The van der Waals surface area contributed by atoms with Gasteiger partial charge in [-0.05, 0) is 62.1 Å². The Morgan fingerprint density at radius 1 is 1.47 bits per heavy atom. The maximum Gasteiger partial charge on any atom is 0.133 e. The standard InChI is InChI=1S/C15H20ClNOS/c1-5-18-15-11(3)8-13(16)12(4)14(15)10(2)6-7-19-9-17/h8,10H,5-7H2,1-4H3. The lowest BCUT2D eigenvalue weighted by Gasteiger charge is -2.21. The zero-order valence-electron chi connectivity index (χ0n) is 11.9. The Morgan fingerprint density at radius 3 is 2.74 bits per heavy atom. The molecule has 1 atom stereocenters. The Bertz CT molecular complexity index is 482. The van der Waals surface area contributed by atoms with Crippen LogP contribution in [0.3, 0.4) is 0 Å². The van der Waals surface area contributed by atoms with Crippen LogP contribution < -0.4 is 4.74 Å². The molecule has 1 unspecified atom stereocenters. The van der Waals surface area contributed by atoms with Gasteiger partial charge in [0.25, 0.3) is 0 Å². The molecular weight excluding hydrogens is 278 g/mol. The summed E-state index contributed by atoms with van der Waals surface area (Å²) in [6, 6.07) is 1.96. The normalized spacial score (nSPS) is 12.0. The highest BCUT2D eigenvalue weighted by atomic mass is 35.5. The second-order valence-corrected chi connectivity index (χ2v) is 5.89. The van der Waals surface area contributed by atoms with E-state index in [1.807, 2.05) is 26.8 Å². The molecule has 1 rings (SSSR count). The van der Waals surface area contributed by atoms with Gasteiger partial charge in [-0.15, -0.1) is 0 Å². The van der Waals surface area contributed by atoms with Gasteiger partial charge in [0, 0.05) is 16.3 Å². The number of hydrogen-bond acceptors (Lipinski definition) is 3. The number of hydrogen-bond donors (Lipinski definition) is 0. The lowest BCUT2D eigenvalue weighted by Crippen LogP contribution is -2.06. The molecule has 0 saturated carbocycles. The van der Waals surface area contributed by atoms with E-state index in [2.05, 4.69) is 12.3 Å². The molecule has 0 heterocycles. The molecular formula is C15H20ClNOS. The van der Waals surface area contributed by atoms with Crippen LogP contribution in [0.25, 0.3) is 0 Å². The van der Waals surface area contributed by atoms with Crippen LogP contribution in [-0.2, 0) is 0 Å². The summed E-state index contributed by atoms with van der Waals surface area (Å²) in [5.41, 5.74) is 3.35. The van der Waals surface area contributed by atoms with Crippen molar-refractivity contribution in [2.24, 2.45) is 0 Å². The van der Waals surface area contributed by atoms with Gasteiger partial charge < -0.3 is 4.74 Å². The van der Waals surface area contributed by atoms with Crippen LogP contribution in [0.2, 0.25) is 5.02 Å². The van der Waals surface area contributed by atoms with Crippen LogP contribution in [0.15, 0.2) is 6.07 Å². The SMILES string of the molecule is CCOc1c(C)cc(Cl)c(C)c1C(C)CCSC#N. The molecule has 0 spiro atoms. The number of halogens is 1. The third kappa shape index (κ3) is 4.06. The fraction of sp³-hybridized carbons (Fsp3) is 0.533. The molecule has 0 aromatic heterocycles. The summed E-state index contributed by atoms with van der Waals surface area (Å²) in [6.07, 6.45) is 0.943. The summed E-state index contributed by atoms with van der Waals surface area (Å²) in [4.78, 5) is 0. The maximum atomic E-state index is 8.60. The zero-order chi connectivity index (χ0) is 14.4. The van der Waals surface area contributed by atoms with Crippen LogP contribution in [0, 0.1) is 24.5 Å². The molecule has 4 heteroatoms. The van der Waals surface area contributed by atoms with Crippen molar-refractivity contribution < 1.29 is 4.74 Å². The predicted octanol–water partition coefficient (Wildman–Crippen LogP) is 5.06. The van der Waals surface area contributed by atoms with E-state index >= 15 is 0 Å². The van der Waals surface area contributed by atoms with Crippen LogP contribution in [0.5, 0.6) is 5.75 Å². The largest absolute Gasteiger partial charge is 0.493 e. The van der Waals surface area contributed by atoms with Crippen molar-refractivity contribution in [2.45, 2.75) is 40.0 Å². The molecule has 0 saturated heterocycles. The summed E-state index contributed by atoms with van der Waals surface area (Å²) in [7, 11) is 0. The highest BCUT2D eigenvalue weighted by Gasteiger charge is 2.19. The van der Waals surface area contributed by atoms with E-state index in [-0.39, 0.29) is 0 Å². The molecule has 0 fully saturated rings. The van der Waals surface area contributed by atoms with Crippen molar-refractivity contribution in [1.29, 1.82) is 5.26 Å². The van der Waals surface area contributed by atoms with Gasteiger partial charge in [-0.1, -0.05) is 18.5 Å². The smallest absolute Gasteiger partial charge is 0.133 e. The number of benzene rings is 1. The fourth-order valence-corrected chi connectivity index (χ4v) is 3.06. The number of nitrogens with zero attached hydrogens (tertiary/aromatic N) is 1. The maximum absolute atomic E-state index is 8.60. The van der Waals surface area contributed by atoms with Gasteiger partial charge in [-0.2, -0.15) is 5.26 Å². The molecule has 0 aliphatic heterocycles. The van der Waals surface area contributed by atoms with E-state index in [0.29, 0.717) is 12.5 Å². The van der Waals surface area contributed by atoms with Gasteiger partial charge in [0.2, 0.25) is 0 Å². The molecule has 0 radical (unpaired) electrons. The van der Waals surface area contributed by atoms with Crippen LogP contribution in [0.1, 0.15) is 42.9 Å². The molecule has 0 aliphatic rings. The van der Waals surface area contributed by atoms with Crippen LogP contribution >= 0.6 is 23.4 Å². The van der Waals surface area contributed by atoms with E-state index < -0.39 is 0 Å². The Hall–Kier alpha value is -0.850. The van der Waals surface area contributed by atoms with Crippen molar-refractivity contribution in [3.63, 3.8) is 0 Å². The topological polar surface area (TPSA) is 33.0 Å². The Morgan fingerprint density at radius 2 is 2.16 bits per heavy atom. The van der Waals surface area contributed by atoms with Gasteiger partial charge in [-0.3, -0.25) is 0 Å². The number of aryl methyl sites for hydroxylation is 1. The lowest BCUT2D eigenvalue weighted by atomic mass is 9.91. The molecule has 0 amide bonds. The van der Waals surface area contributed by atoms with Gasteiger partial charge in [0.1, 0.15) is 11.2 Å². The third-order valence-corrected chi connectivity index (χ3v) is 4.17. The number of ether oxygens (including phenoxy) is 1. The highest BCUT2D eigenvalue weighted by molar-refractivity contribution is 8.03. The van der Waals surface area contributed by atoms with Gasteiger partial charge >= 0.3 is 0 Å². The summed E-state index contributed by atoms with van der Waals surface area (Å²) < 4.78 is 5.80. The Kier molecular flexibility index (Phi) is 6.54. The number of rotatable bonds is 6. The summed E-state index contributed by atoms with van der Waals surface area (Å²) in [5.74, 6) is 2.12. The van der Waals surface area contributed by atoms with E-state index in [0.717, 1.165) is 34.1 Å². The van der Waals surface area contributed by atoms with Crippen molar-refractivity contribution in [2.75, 3.05) is 12.4 Å². The van der Waals surface area contributed by atoms with Gasteiger partial charge in [0.15, 0.2) is 0 Å². The zero-order valence-corrected chi connectivity index (χ0v) is 13.5. The van der Waals surface area contributed by atoms with E-state index in [4.69, 9.17) is 21.6 Å². The predicted molar refractivity (Wildman–Crippen MR) is 83.2 cm³/mol. The first-order chi connectivity index (χ1) is 9.02. The van der Waals surface area contributed by atoms with Crippen LogP contribution in [0.4, 0.5) is 0 Å². The quantitative estimate of drug-likeness (QED) is 0.543.